The minimum atomic E-state index is -3.02. The van der Waals surface area contributed by atoms with Gasteiger partial charge in [-0.3, -0.25) is 4.90 Å². The van der Waals surface area contributed by atoms with E-state index in [9.17, 15) is 16.8 Å². The largest absolute Gasteiger partial charge is 0.312 e. The maximum Gasteiger partial charge on any atom is 0.160 e. The Morgan fingerprint density at radius 1 is 1.05 bits per heavy atom. The molecular weight excluding hydrogens is 288 g/mol. The maximum atomic E-state index is 11.2. The zero-order valence-electron chi connectivity index (χ0n) is 12.2. The topological polar surface area (TPSA) is 83.6 Å². The molecule has 0 aliphatic rings. The summed E-state index contributed by atoms with van der Waals surface area (Å²) in [5.74, 6) is 0.149. The van der Waals surface area contributed by atoms with Gasteiger partial charge in [0.05, 0.1) is 5.75 Å². The Hall–Kier alpha value is -0.180. The van der Waals surface area contributed by atoms with Gasteiger partial charge in [0.2, 0.25) is 0 Å². The summed E-state index contributed by atoms with van der Waals surface area (Å²) in [6.45, 7) is 5.65. The summed E-state index contributed by atoms with van der Waals surface area (Å²) < 4.78 is 44.8. The molecule has 8 heteroatoms. The molecule has 0 heterocycles. The van der Waals surface area contributed by atoms with Gasteiger partial charge in [0, 0.05) is 31.6 Å². The molecule has 1 atom stereocenters. The van der Waals surface area contributed by atoms with Crippen molar-refractivity contribution in [3.8, 4) is 0 Å². The third-order valence-electron chi connectivity index (χ3n) is 2.72. The molecule has 1 N–H and O–H groups in total. The van der Waals surface area contributed by atoms with E-state index in [1.165, 1.54) is 12.5 Å². The van der Waals surface area contributed by atoms with Gasteiger partial charge in [-0.25, -0.2) is 16.8 Å². The molecule has 19 heavy (non-hydrogen) atoms. The molecule has 6 nitrogen and oxygen atoms in total. The van der Waals surface area contributed by atoms with Crippen LogP contribution >= 0.6 is 0 Å². The number of hydrogen-bond acceptors (Lipinski definition) is 6. The molecule has 0 saturated carbocycles. The molecular formula is C11H26N2O4S2. The number of nitrogens with zero attached hydrogens (tertiary/aromatic N) is 1. The van der Waals surface area contributed by atoms with Gasteiger partial charge < -0.3 is 5.32 Å². The Kier molecular flexibility index (Phi) is 8.11. The Balaban J connectivity index is 4.17. The zero-order valence-corrected chi connectivity index (χ0v) is 13.8. The molecule has 0 rings (SSSR count). The summed E-state index contributed by atoms with van der Waals surface area (Å²) in [6.07, 6.45) is 3.16. The van der Waals surface area contributed by atoms with Crippen LogP contribution in [0.1, 0.15) is 20.3 Å². The van der Waals surface area contributed by atoms with E-state index in [-0.39, 0.29) is 17.7 Å². The number of rotatable bonds is 10. The van der Waals surface area contributed by atoms with Crippen molar-refractivity contribution >= 4 is 19.7 Å². The molecule has 0 fully saturated rings. The first-order valence-electron chi connectivity index (χ1n) is 6.38. The minimum Gasteiger partial charge on any atom is -0.312 e. The lowest BCUT2D eigenvalue weighted by Gasteiger charge is -2.22. The highest BCUT2D eigenvalue weighted by Crippen LogP contribution is 1.97. The van der Waals surface area contributed by atoms with Crippen molar-refractivity contribution in [2.24, 2.45) is 0 Å². The van der Waals surface area contributed by atoms with E-state index in [1.807, 2.05) is 18.7 Å². The maximum absolute atomic E-state index is 11.2. The predicted molar refractivity (Wildman–Crippen MR) is 78.8 cm³/mol. The van der Waals surface area contributed by atoms with Crippen LogP contribution in [0.15, 0.2) is 0 Å². The molecule has 0 aromatic rings. The molecule has 1 unspecified atom stereocenters. The molecule has 0 bridgehead atoms. The summed E-state index contributed by atoms with van der Waals surface area (Å²) in [4.78, 5) is 1.81. The first-order valence-corrected chi connectivity index (χ1v) is 10.5. The van der Waals surface area contributed by atoms with Crippen LogP contribution in [0.25, 0.3) is 0 Å². The second-order valence-corrected chi connectivity index (χ2v) is 9.21. The molecule has 0 aliphatic carbocycles. The van der Waals surface area contributed by atoms with Gasteiger partial charge in [-0.05, 0) is 13.0 Å². The second kappa shape index (κ2) is 8.18. The highest BCUT2D eigenvalue weighted by molar-refractivity contribution is 7.90. The van der Waals surface area contributed by atoms with Gasteiger partial charge in [0.15, 0.2) is 9.84 Å². The van der Waals surface area contributed by atoms with Crippen LogP contribution in [-0.4, -0.2) is 71.6 Å². The van der Waals surface area contributed by atoms with Crippen LogP contribution in [-0.2, 0) is 19.7 Å². The van der Waals surface area contributed by atoms with E-state index in [0.29, 0.717) is 19.6 Å². The third kappa shape index (κ3) is 11.4. The average Bonchev–Trinajstić information content (AvgIpc) is 2.22. The van der Waals surface area contributed by atoms with Crippen molar-refractivity contribution < 1.29 is 16.8 Å². The van der Waals surface area contributed by atoms with E-state index in [2.05, 4.69) is 5.32 Å². The van der Waals surface area contributed by atoms with E-state index < -0.39 is 19.7 Å². The van der Waals surface area contributed by atoms with Gasteiger partial charge in [-0.2, -0.15) is 0 Å². The molecule has 0 aromatic carbocycles. The first-order chi connectivity index (χ1) is 8.57. The van der Waals surface area contributed by atoms with Crippen molar-refractivity contribution in [1.29, 1.82) is 0 Å². The fourth-order valence-corrected chi connectivity index (χ4v) is 3.82. The van der Waals surface area contributed by atoms with Crippen LogP contribution in [0.2, 0.25) is 0 Å². The summed E-state index contributed by atoms with van der Waals surface area (Å²) >= 11 is 0. The minimum absolute atomic E-state index is 0.0358. The molecule has 0 aliphatic heterocycles. The number of nitrogens with one attached hydrogen (secondary N) is 1. The highest BCUT2D eigenvalue weighted by atomic mass is 32.2. The van der Waals surface area contributed by atoms with E-state index >= 15 is 0 Å². The van der Waals surface area contributed by atoms with E-state index in [4.69, 9.17) is 0 Å². The monoisotopic (exact) mass is 314 g/mol. The fourth-order valence-electron chi connectivity index (χ4n) is 1.76. The van der Waals surface area contributed by atoms with Crippen molar-refractivity contribution in [2.45, 2.75) is 26.3 Å². The lowest BCUT2D eigenvalue weighted by molar-refractivity contribution is 0.321. The fraction of sp³-hybridized carbons (Fsp3) is 1.00. The third-order valence-corrected chi connectivity index (χ3v) is 4.56. The summed E-state index contributed by atoms with van der Waals surface area (Å²) in [7, 11) is -6.01. The molecule has 116 valence electrons. The second-order valence-electron chi connectivity index (χ2n) is 4.92. The van der Waals surface area contributed by atoms with Gasteiger partial charge in [0.1, 0.15) is 15.7 Å². The van der Waals surface area contributed by atoms with Crippen LogP contribution < -0.4 is 5.32 Å². The molecule has 0 radical (unpaired) electrons. The van der Waals surface area contributed by atoms with Crippen molar-refractivity contribution in [2.75, 3.05) is 43.8 Å². The predicted octanol–water partition coefficient (Wildman–Crippen LogP) is -0.277. The Morgan fingerprint density at radius 2 is 1.63 bits per heavy atom. The van der Waals surface area contributed by atoms with Crippen LogP contribution in [0, 0.1) is 0 Å². The summed E-state index contributed by atoms with van der Waals surface area (Å²) in [5, 5.41) is 3.16. The SMILES string of the molecule is CCC(CS(C)(=O)=O)NCCN(CC)CS(C)(=O)=O. The number of hydrogen-bond donors (Lipinski definition) is 1. The van der Waals surface area contributed by atoms with Crippen LogP contribution in [0.5, 0.6) is 0 Å². The summed E-state index contributed by atoms with van der Waals surface area (Å²) in [6, 6.07) is -0.0769. The van der Waals surface area contributed by atoms with Crippen molar-refractivity contribution in [1.82, 2.24) is 10.2 Å². The zero-order chi connectivity index (χ0) is 15.1. The van der Waals surface area contributed by atoms with E-state index in [1.54, 1.807) is 0 Å². The Morgan fingerprint density at radius 3 is 2.00 bits per heavy atom. The molecule has 0 amide bonds. The normalized spacial score (nSPS) is 14.8. The van der Waals surface area contributed by atoms with Crippen LogP contribution in [0.4, 0.5) is 0 Å². The van der Waals surface area contributed by atoms with Crippen molar-refractivity contribution in [3.05, 3.63) is 0 Å². The van der Waals surface area contributed by atoms with Gasteiger partial charge in [-0.1, -0.05) is 13.8 Å². The number of likely N-dealkylation sites (N-methyl/N-ethyl adjacent to an activating group) is 1. The molecule has 0 aromatic heterocycles. The molecule has 0 saturated heterocycles. The van der Waals surface area contributed by atoms with Gasteiger partial charge in [-0.15, -0.1) is 0 Å². The molecule has 0 spiro atoms. The lowest BCUT2D eigenvalue weighted by atomic mass is 10.2. The van der Waals surface area contributed by atoms with E-state index in [0.717, 1.165) is 6.42 Å². The number of sulfone groups is 2. The quantitative estimate of drug-likeness (QED) is 0.597. The van der Waals surface area contributed by atoms with Crippen LogP contribution in [0.3, 0.4) is 0 Å². The Bertz CT molecular complexity index is 403. The van der Waals surface area contributed by atoms with Gasteiger partial charge in [0.25, 0.3) is 0 Å². The smallest absolute Gasteiger partial charge is 0.160 e. The van der Waals surface area contributed by atoms with Crippen molar-refractivity contribution in [3.63, 3.8) is 0 Å². The lowest BCUT2D eigenvalue weighted by Crippen LogP contribution is -2.41. The average molecular weight is 314 g/mol. The first kappa shape index (κ1) is 18.8. The van der Waals surface area contributed by atoms with Gasteiger partial charge >= 0.3 is 0 Å². The summed E-state index contributed by atoms with van der Waals surface area (Å²) in [5.41, 5.74) is 0. The Labute approximate surface area is 117 Å². The standard InChI is InChI=1S/C11H26N2O4S2/c1-5-11(9-18(3,14)15)12-7-8-13(6-2)10-19(4,16)17/h11-12H,5-10H2,1-4H3. The highest BCUT2D eigenvalue weighted by Gasteiger charge is 2.14.